The lowest BCUT2D eigenvalue weighted by molar-refractivity contribution is -0.123. The van der Waals surface area contributed by atoms with E-state index in [1.165, 1.54) is 0 Å². The number of piperidine rings is 1. The summed E-state index contributed by atoms with van der Waals surface area (Å²) >= 11 is 14.1. The Labute approximate surface area is 280 Å². The van der Waals surface area contributed by atoms with Gasteiger partial charge in [0.2, 0.25) is 11.8 Å². The molecule has 0 bridgehead atoms. The van der Waals surface area contributed by atoms with Gasteiger partial charge in [-0.1, -0.05) is 89.9 Å². The Morgan fingerprint density at radius 3 is 2.22 bits per heavy atom. The van der Waals surface area contributed by atoms with E-state index in [-0.39, 0.29) is 17.9 Å². The Kier molecular flexibility index (Phi) is 10.4. The number of ether oxygens (including phenoxy) is 1. The van der Waals surface area contributed by atoms with Crippen molar-refractivity contribution in [2.75, 3.05) is 20.2 Å². The summed E-state index contributed by atoms with van der Waals surface area (Å²) in [6, 6.07) is 24.3. The van der Waals surface area contributed by atoms with E-state index in [0.717, 1.165) is 96.3 Å². The SMILES string of the molecule is COc1nc(-c2cccc(-c3cccc(-c4ccc(CC(=O)C5CCNCC5)cc4)c3Cl)c2Cl)ccc1CCC[C@@H]1CCC(=O)N1. The predicted octanol–water partition coefficient (Wildman–Crippen LogP) is 8.11. The number of benzene rings is 3. The van der Waals surface area contributed by atoms with E-state index < -0.39 is 0 Å². The largest absolute Gasteiger partial charge is 0.481 e. The van der Waals surface area contributed by atoms with E-state index >= 15 is 0 Å². The summed E-state index contributed by atoms with van der Waals surface area (Å²) in [6.07, 6.45) is 6.51. The minimum atomic E-state index is 0.145. The fraction of sp³-hybridized carbons (Fsp3) is 0.342. The fourth-order valence-electron chi connectivity index (χ4n) is 6.61. The first-order valence-electron chi connectivity index (χ1n) is 16.1. The molecule has 238 valence electrons. The third-order valence-electron chi connectivity index (χ3n) is 9.22. The molecule has 1 atom stereocenters. The molecular formula is C38H39Cl2N3O3. The number of pyridine rings is 1. The maximum Gasteiger partial charge on any atom is 0.220 e. The van der Waals surface area contributed by atoms with Gasteiger partial charge in [0.15, 0.2) is 0 Å². The maximum atomic E-state index is 12.8. The number of carbonyl (C=O) groups is 2. The van der Waals surface area contributed by atoms with Crippen LogP contribution in [0.25, 0.3) is 33.5 Å². The highest BCUT2D eigenvalue weighted by Crippen LogP contribution is 2.42. The van der Waals surface area contributed by atoms with Crippen molar-refractivity contribution in [3.05, 3.63) is 94.0 Å². The summed E-state index contributed by atoms with van der Waals surface area (Å²) in [5, 5.41) is 7.54. The lowest BCUT2D eigenvalue weighted by Crippen LogP contribution is -2.32. The molecule has 6 rings (SSSR count). The number of aromatic nitrogens is 1. The molecular weight excluding hydrogens is 617 g/mol. The number of ketones is 1. The number of halogens is 2. The Bertz CT molecular complexity index is 1720. The first-order chi connectivity index (χ1) is 22.4. The van der Waals surface area contributed by atoms with Crippen molar-refractivity contribution in [2.24, 2.45) is 5.92 Å². The number of hydrogen-bond donors (Lipinski definition) is 2. The minimum Gasteiger partial charge on any atom is -0.481 e. The van der Waals surface area contributed by atoms with Gasteiger partial charge in [-0.05, 0) is 68.8 Å². The van der Waals surface area contributed by atoms with Gasteiger partial charge in [-0.25, -0.2) is 4.98 Å². The minimum absolute atomic E-state index is 0.145. The van der Waals surface area contributed by atoms with Gasteiger partial charge >= 0.3 is 0 Å². The van der Waals surface area contributed by atoms with Gasteiger partial charge < -0.3 is 15.4 Å². The van der Waals surface area contributed by atoms with Gasteiger partial charge in [0.1, 0.15) is 5.78 Å². The predicted molar refractivity (Wildman–Crippen MR) is 186 cm³/mol. The van der Waals surface area contributed by atoms with Crippen LogP contribution in [0, 0.1) is 5.92 Å². The van der Waals surface area contributed by atoms with Crippen LogP contribution in [0.5, 0.6) is 5.88 Å². The quantitative estimate of drug-likeness (QED) is 0.171. The number of nitrogens with one attached hydrogen (secondary N) is 2. The van der Waals surface area contributed by atoms with Crippen molar-refractivity contribution >= 4 is 34.9 Å². The number of Topliss-reactive ketones (excluding diaryl/α,β-unsaturated/α-hetero) is 1. The summed E-state index contributed by atoms with van der Waals surface area (Å²) in [6.45, 7) is 1.83. The molecule has 8 heteroatoms. The van der Waals surface area contributed by atoms with Gasteiger partial charge in [0, 0.05) is 52.6 Å². The third kappa shape index (κ3) is 7.30. The van der Waals surface area contributed by atoms with Crippen LogP contribution in [0.15, 0.2) is 72.8 Å². The van der Waals surface area contributed by atoms with Crippen molar-refractivity contribution in [2.45, 2.75) is 57.4 Å². The number of nitrogens with zero attached hydrogens (tertiary/aromatic N) is 1. The van der Waals surface area contributed by atoms with E-state index in [9.17, 15) is 9.59 Å². The molecule has 0 radical (unpaired) electrons. The van der Waals surface area contributed by atoms with Gasteiger partial charge in [-0.15, -0.1) is 0 Å². The maximum absolute atomic E-state index is 12.8. The summed E-state index contributed by atoms with van der Waals surface area (Å²) < 4.78 is 5.68. The first kappa shape index (κ1) is 32.2. The van der Waals surface area contributed by atoms with E-state index in [1.54, 1.807) is 7.11 Å². The molecule has 46 heavy (non-hydrogen) atoms. The molecule has 4 aromatic rings. The number of methoxy groups -OCH3 is 1. The highest BCUT2D eigenvalue weighted by atomic mass is 35.5. The van der Waals surface area contributed by atoms with Gasteiger partial charge in [0.05, 0.1) is 22.8 Å². The zero-order chi connectivity index (χ0) is 32.0. The highest BCUT2D eigenvalue weighted by Gasteiger charge is 2.22. The molecule has 1 amide bonds. The van der Waals surface area contributed by atoms with Crippen molar-refractivity contribution in [1.29, 1.82) is 0 Å². The topological polar surface area (TPSA) is 80.3 Å². The average molecular weight is 657 g/mol. The molecule has 3 aromatic carbocycles. The molecule has 2 fully saturated rings. The standard InChI is InChI=1S/C38H39Cl2N3O3/c1-46-38-27(5-2-6-28-16-18-35(45)42-28)15-17-33(43-38)32-10-4-9-31(37(32)40)30-8-3-7-29(36(30)39)25-13-11-24(12-14-25)23-34(44)26-19-21-41-22-20-26/h3-4,7-15,17,26,28,41H,2,5-6,16,18-23H2,1H3,(H,42,45)/t28-/m1/s1. The van der Waals surface area contributed by atoms with Crippen LogP contribution < -0.4 is 15.4 Å². The number of amides is 1. The second kappa shape index (κ2) is 14.8. The Morgan fingerprint density at radius 2 is 1.54 bits per heavy atom. The van der Waals surface area contributed by atoms with Gasteiger partial charge in [-0.3, -0.25) is 9.59 Å². The molecule has 2 aliphatic heterocycles. The molecule has 6 nitrogen and oxygen atoms in total. The summed E-state index contributed by atoms with van der Waals surface area (Å²) in [4.78, 5) is 29.1. The molecule has 0 unspecified atom stereocenters. The van der Waals surface area contributed by atoms with Crippen LogP contribution >= 0.6 is 23.2 Å². The van der Waals surface area contributed by atoms with Crippen molar-refractivity contribution in [3.8, 4) is 39.4 Å². The molecule has 3 heterocycles. The monoisotopic (exact) mass is 655 g/mol. The smallest absolute Gasteiger partial charge is 0.220 e. The second-order valence-corrected chi connectivity index (χ2v) is 13.0. The van der Waals surface area contributed by atoms with Crippen molar-refractivity contribution < 1.29 is 14.3 Å². The third-order valence-corrected chi connectivity index (χ3v) is 10.0. The highest BCUT2D eigenvalue weighted by molar-refractivity contribution is 6.39. The lowest BCUT2D eigenvalue weighted by atomic mass is 9.89. The van der Waals surface area contributed by atoms with Crippen LogP contribution in [-0.2, 0) is 22.4 Å². The normalized spacial score (nSPS) is 16.8. The summed E-state index contributed by atoms with van der Waals surface area (Å²) in [5.41, 5.74) is 7.09. The van der Waals surface area contributed by atoms with Crippen LogP contribution in [-0.4, -0.2) is 42.9 Å². The molecule has 0 spiro atoms. The van der Waals surface area contributed by atoms with Gasteiger partial charge in [0.25, 0.3) is 0 Å². The van der Waals surface area contributed by atoms with Crippen molar-refractivity contribution in [1.82, 2.24) is 15.6 Å². The zero-order valence-corrected chi connectivity index (χ0v) is 27.6. The number of hydrogen-bond acceptors (Lipinski definition) is 5. The Balaban J connectivity index is 1.20. The molecule has 0 saturated carbocycles. The Morgan fingerprint density at radius 1 is 0.870 bits per heavy atom. The molecule has 0 aliphatic carbocycles. The summed E-state index contributed by atoms with van der Waals surface area (Å²) in [5.74, 6) is 1.20. The average Bonchev–Trinajstić information content (AvgIpc) is 3.50. The molecule has 2 aliphatic rings. The Hall–Kier alpha value is -3.71. The van der Waals surface area contributed by atoms with Crippen LogP contribution in [0.3, 0.4) is 0 Å². The van der Waals surface area contributed by atoms with Crippen LogP contribution in [0.2, 0.25) is 10.0 Å². The van der Waals surface area contributed by atoms with Crippen molar-refractivity contribution in [3.63, 3.8) is 0 Å². The van der Waals surface area contributed by atoms with E-state index in [4.69, 9.17) is 32.9 Å². The molecule has 2 N–H and O–H groups in total. The molecule has 2 saturated heterocycles. The first-order valence-corrected chi connectivity index (χ1v) is 16.9. The second-order valence-electron chi connectivity index (χ2n) is 12.3. The van der Waals surface area contributed by atoms with Crippen LogP contribution in [0.4, 0.5) is 0 Å². The van der Waals surface area contributed by atoms with E-state index in [0.29, 0.717) is 34.6 Å². The van der Waals surface area contributed by atoms with E-state index in [2.05, 4.69) is 16.7 Å². The number of aryl methyl sites for hydroxylation is 1. The zero-order valence-electron chi connectivity index (χ0n) is 26.1. The number of carbonyl (C=O) groups excluding carboxylic acids is 2. The van der Waals surface area contributed by atoms with Gasteiger partial charge in [-0.2, -0.15) is 0 Å². The number of rotatable bonds is 11. The fourth-order valence-corrected chi connectivity index (χ4v) is 7.27. The van der Waals surface area contributed by atoms with Crippen LogP contribution in [0.1, 0.15) is 49.7 Å². The summed E-state index contributed by atoms with van der Waals surface area (Å²) in [7, 11) is 1.63. The molecule has 1 aromatic heterocycles. The lowest BCUT2D eigenvalue weighted by Gasteiger charge is -2.21. The van der Waals surface area contributed by atoms with E-state index in [1.807, 2.05) is 66.7 Å².